The molecule has 1 N–H and O–H groups in total. The van der Waals surface area contributed by atoms with Crippen LogP contribution < -0.4 is 5.32 Å². The Morgan fingerprint density at radius 2 is 2.09 bits per heavy atom. The lowest BCUT2D eigenvalue weighted by molar-refractivity contribution is -0.122. The molecule has 0 unspecified atom stereocenters. The van der Waals surface area contributed by atoms with Gasteiger partial charge in [-0.25, -0.2) is 18.1 Å². The maximum Gasteiger partial charge on any atom is 0.242 e. The fraction of sp³-hybridized carbons (Fsp3) is 0.400. The SMILES string of the molecule is Cc1nc(-c2ccccc2)n(CC(=O)N[C@@H]2CCS(=O)(=O)C2)n1. The molecule has 1 aromatic carbocycles. The molecule has 2 heterocycles. The summed E-state index contributed by atoms with van der Waals surface area (Å²) in [4.78, 5) is 16.5. The van der Waals surface area contributed by atoms with Gasteiger partial charge in [-0.05, 0) is 13.3 Å². The zero-order chi connectivity index (χ0) is 16.4. The Kier molecular flexibility index (Phi) is 4.16. The van der Waals surface area contributed by atoms with Gasteiger partial charge in [-0.1, -0.05) is 30.3 Å². The van der Waals surface area contributed by atoms with Gasteiger partial charge < -0.3 is 5.32 Å². The molecule has 7 nitrogen and oxygen atoms in total. The predicted molar refractivity (Wildman–Crippen MR) is 85.4 cm³/mol. The Bertz CT molecular complexity index is 815. The summed E-state index contributed by atoms with van der Waals surface area (Å²) in [6, 6.07) is 9.20. The van der Waals surface area contributed by atoms with Crippen molar-refractivity contribution < 1.29 is 13.2 Å². The number of benzene rings is 1. The van der Waals surface area contributed by atoms with E-state index in [4.69, 9.17) is 0 Å². The van der Waals surface area contributed by atoms with Crippen molar-refractivity contribution in [2.24, 2.45) is 0 Å². The highest BCUT2D eigenvalue weighted by atomic mass is 32.2. The Morgan fingerprint density at radius 3 is 2.74 bits per heavy atom. The van der Waals surface area contributed by atoms with E-state index >= 15 is 0 Å². The summed E-state index contributed by atoms with van der Waals surface area (Å²) in [6.07, 6.45) is 0.468. The lowest BCUT2D eigenvalue weighted by Gasteiger charge is -2.11. The van der Waals surface area contributed by atoms with Gasteiger partial charge in [-0.15, -0.1) is 0 Å². The van der Waals surface area contributed by atoms with Gasteiger partial charge in [-0.2, -0.15) is 5.10 Å². The molecule has 0 aliphatic carbocycles. The molecule has 122 valence electrons. The van der Waals surface area contributed by atoms with E-state index in [0.29, 0.717) is 18.1 Å². The van der Waals surface area contributed by atoms with E-state index in [0.717, 1.165) is 5.56 Å². The summed E-state index contributed by atoms with van der Waals surface area (Å²) in [5.41, 5.74) is 0.879. The van der Waals surface area contributed by atoms with Crippen molar-refractivity contribution in [3.05, 3.63) is 36.2 Å². The molecule has 8 heteroatoms. The van der Waals surface area contributed by atoms with Crippen LogP contribution in [0.4, 0.5) is 0 Å². The molecule has 1 amide bonds. The van der Waals surface area contributed by atoms with Gasteiger partial charge >= 0.3 is 0 Å². The van der Waals surface area contributed by atoms with E-state index in [1.54, 1.807) is 11.6 Å². The fourth-order valence-corrected chi connectivity index (χ4v) is 4.36. The molecule has 3 rings (SSSR count). The van der Waals surface area contributed by atoms with Crippen molar-refractivity contribution in [2.45, 2.75) is 25.9 Å². The van der Waals surface area contributed by atoms with Gasteiger partial charge in [0.2, 0.25) is 5.91 Å². The molecule has 0 saturated carbocycles. The number of carbonyl (C=O) groups is 1. The summed E-state index contributed by atoms with van der Waals surface area (Å²) in [5.74, 6) is 1.10. The summed E-state index contributed by atoms with van der Waals surface area (Å²) >= 11 is 0. The number of aryl methyl sites for hydroxylation is 1. The zero-order valence-corrected chi connectivity index (χ0v) is 13.6. The van der Waals surface area contributed by atoms with Crippen LogP contribution in [0.3, 0.4) is 0 Å². The quantitative estimate of drug-likeness (QED) is 0.881. The number of rotatable bonds is 4. The topological polar surface area (TPSA) is 94.0 Å². The van der Waals surface area contributed by atoms with Gasteiger partial charge in [0.15, 0.2) is 15.7 Å². The van der Waals surface area contributed by atoms with Crippen LogP contribution >= 0.6 is 0 Å². The molecule has 1 saturated heterocycles. The number of sulfone groups is 1. The average molecular weight is 334 g/mol. The van der Waals surface area contributed by atoms with Crippen molar-refractivity contribution in [3.8, 4) is 11.4 Å². The van der Waals surface area contributed by atoms with E-state index in [2.05, 4.69) is 15.4 Å². The standard InChI is InChI=1S/C15H18N4O3S/c1-11-16-15(12-5-3-2-4-6-12)19(18-11)9-14(20)17-13-7-8-23(21,22)10-13/h2-6,13H,7-10H2,1H3,(H,17,20)/t13-/m1/s1. The van der Waals surface area contributed by atoms with E-state index in [1.807, 2.05) is 30.3 Å². The van der Waals surface area contributed by atoms with Gasteiger partial charge in [0.05, 0.1) is 11.5 Å². The lowest BCUT2D eigenvalue weighted by atomic mass is 10.2. The summed E-state index contributed by atoms with van der Waals surface area (Å²) in [7, 11) is -3.01. The van der Waals surface area contributed by atoms with Crippen molar-refractivity contribution in [3.63, 3.8) is 0 Å². The van der Waals surface area contributed by atoms with Crippen molar-refractivity contribution in [2.75, 3.05) is 11.5 Å². The number of carbonyl (C=O) groups excluding carboxylic acids is 1. The molecular formula is C15H18N4O3S. The smallest absolute Gasteiger partial charge is 0.242 e. The third-order valence-electron chi connectivity index (χ3n) is 3.70. The van der Waals surface area contributed by atoms with Crippen LogP contribution in [0, 0.1) is 6.92 Å². The van der Waals surface area contributed by atoms with Gasteiger partial charge in [0.1, 0.15) is 12.4 Å². The first-order valence-electron chi connectivity index (χ1n) is 7.39. The summed E-state index contributed by atoms with van der Waals surface area (Å²) in [5, 5.41) is 7.02. The van der Waals surface area contributed by atoms with E-state index in [9.17, 15) is 13.2 Å². The number of amides is 1. The molecule has 0 bridgehead atoms. The molecule has 0 radical (unpaired) electrons. The third-order valence-corrected chi connectivity index (χ3v) is 5.47. The largest absolute Gasteiger partial charge is 0.351 e. The molecule has 1 aliphatic rings. The maximum absolute atomic E-state index is 12.2. The molecular weight excluding hydrogens is 316 g/mol. The Labute approximate surface area is 134 Å². The Balaban J connectivity index is 1.72. The highest BCUT2D eigenvalue weighted by molar-refractivity contribution is 7.91. The van der Waals surface area contributed by atoms with E-state index < -0.39 is 9.84 Å². The van der Waals surface area contributed by atoms with Crippen LogP contribution in [0.15, 0.2) is 30.3 Å². The van der Waals surface area contributed by atoms with Crippen molar-refractivity contribution in [1.82, 2.24) is 20.1 Å². The second-order valence-corrected chi connectivity index (χ2v) is 7.90. The first-order chi connectivity index (χ1) is 10.9. The maximum atomic E-state index is 12.2. The highest BCUT2D eigenvalue weighted by Gasteiger charge is 2.29. The highest BCUT2D eigenvalue weighted by Crippen LogP contribution is 2.17. The molecule has 23 heavy (non-hydrogen) atoms. The number of hydrogen-bond donors (Lipinski definition) is 1. The monoisotopic (exact) mass is 334 g/mol. The van der Waals surface area contributed by atoms with Crippen LogP contribution in [0.25, 0.3) is 11.4 Å². The fourth-order valence-electron chi connectivity index (χ4n) is 2.68. The Hall–Kier alpha value is -2.22. The second-order valence-electron chi connectivity index (χ2n) is 5.67. The minimum atomic E-state index is -3.01. The average Bonchev–Trinajstić information content (AvgIpc) is 3.02. The van der Waals surface area contributed by atoms with E-state index in [-0.39, 0.29) is 30.0 Å². The molecule has 1 aliphatic heterocycles. The molecule has 1 aromatic heterocycles. The van der Waals surface area contributed by atoms with Gasteiger partial charge in [-0.3, -0.25) is 4.79 Å². The van der Waals surface area contributed by atoms with Crippen LogP contribution in [0.1, 0.15) is 12.2 Å². The van der Waals surface area contributed by atoms with Crippen LogP contribution in [-0.2, 0) is 21.2 Å². The van der Waals surface area contributed by atoms with E-state index in [1.165, 1.54) is 0 Å². The van der Waals surface area contributed by atoms with Crippen molar-refractivity contribution in [1.29, 1.82) is 0 Å². The number of aromatic nitrogens is 3. The first kappa shape index (κ1) is 15.7. The first-order valence-corrected chi connectivity index (χ1v) is 9.22. The van der Waals surface area contributed by atoms with Crippen molar-refractivity contribution >= 4 is 15.7 Å². The Morgan fingerprint density at radius 1 is 1.35 bits per heavy atom. The molecule has 1 atom stereocenters. The third kappa shape index (κ3) is 3.76. The lowest BCUT2D eigenvalue weighted by Crippen LogP contribution is -2.38. The van der Waals surface area contributed by atoms with Crippen LogP contribution in [0.2, 0.25) is 0 Å². The zero-order valence-electron chi connectivity index (χ0n) is 12.8. The molecule has 2 aromatic rings. The number of nitrogens with zero attached hydrogens (tertiary/aromatic N) is 3. The minimum absolute atomic E-state index is 0.0146. The molecule has 0 spiro atoms. The normalized spacial score (nSPS) is 19.6. The molecule has 1 fully saturated rings. The predicted octanol–water partition coefficient (Wildman–Crippen LogP) is 0.557. The summed E-state index contributed by atoms with van der Waals surface area (Å²) < 4.78 is 24.4. The van der Waals surface area contributed by atoms with Crippen LogP contribution in [-0.4, -0.2) is 46.6 Å². The minimum Gasteiger partial charge on any atom is -0.351 e. The second kappa shape index (κ2) is 6.11. The summed E-state index contributed by atoms with van der Waals surface area (Å²) in [6.45, 7) is 1.78. The van der Waals surface area contributed by atoms with Gasteiger partial charge in [0, 0.05) is 11.6 Å². The van der Waals surface area contributed by atoms with Gasteiger partial charge in [0.25, 0.3) is 0 Å². The number of nitrogens with one attached hydrogen (secondary N) is 1. The number of hydrogen-bond acceptors (Lipinski definition) is 5. The van der Waals surface area contributed by atoms with Crippen LogP contribution in [0.5, 0.6) is 0 Å².